The van der Waals surface area contributed by atoms with Gasteiger partial charge in [-0.1, -0.05) is 23.9 Å². The van der Waals surface area contributed by atoms with Crippen molar-refractivity contribution in [3.8, 4) is 11.5 Å². The van der Waals surface area contributed by atoms with Gasteiger partial charge in [0.1, 0.15) is 11.5 Å². The van der Waals surface area contributed by atoms with Crippen molar-refractivity contribution in [1.29, 1.82) is 0 Å². The third kappa shape index (κ3) is 4.26. The summed E-state index contributed by atoms with van der Waals surface area (Å²) in [4.78, 5) is 0.473. The second-order valence-electron chi connectivity index (χ2n) is 4.22. The molecule has 0 aliphatic carbocycles. The smallest absolute Gasteiger partial charge is 0.288 e. The molecule has 2 rings (SSSR count). The van der Waals surface area contributed by atoms with Gasteiger partial charge in [0.15, 0.2) is 0 Å². The van der Waals surface area contributed by atoms with Crippen LogP contribution in [0.1, 0.15) is 5.56 Å². The van der Waals surface area contributed by atoms with E-state index in [1.54, 1.807) is 36.4 Å². The third-order valence-electron chi connectivity index (χ3n) is 2.86. The molecule has 0 amide bonds. The van der Waals surface area contributed by atoms with Gasteiger partial charge in [0, 0.05) is 28.8 Å². The molecule has 0 bridgehead atoms. The largest absolute Gasteiger partial charge is 0.507 e. The zero-order valence-corrected chi connectivity index (χ0v) is 12.2. The van der Waals surface area contributed by atoms with Crippen LogP contribution in [-0.2, 0) is 6.54 Å². The fourth-order valence-electron chi connectivity index (χ4n) is 1.82. The zero-order valence-electron chi connectivity index (χ0n) is 11.3. The number of hydrogen-bond acceptors (Lipinski definition) is 4. The number of ether oxygens (including phenoxy) is 1. The van der Waals surface area contributed by atoms with E-state index in [0.717, 1.165) is 0 Å². The Morgan fingerprint density at radius 1 is 1.24 bits per heavy atom. The summed E-state index contributed by atoms with van der Waals surface area (Å²) < 4.78 is 30.0. The van der Waals surface area contributed by atoms with E-state index < -0.39 is 5.76 Å². The lowest BCUT2D eigenvalue weighted by Gasteiger charge is -2.12. The van der Waals surface area contributed by atoms with Crippen LogP contribution in [0.3, 0.4) is 0 Å². The van der Waals surface area contributed by atoms with E-state index in [4.69, 9.17) is 4.74 Å². The van der Waals surface area contributed by atoms with E-state index >= 15 is 0 Å². The molecule has 3 nitrogen and oxygen atoms in total. The number of anilines is 1. The highest BCUT2D eigenvalue weighted by Gasteiger charge is 2.10. The Hall–Kier alpha value is -1.95. The number of halogens is 2. The minimum absolute atomic E-state index is 0.0980. The molecule has 0 unspecified atom stereocenters. The van der Waals surface area contributed by atoms with Crippen LogP contribution in [0.4, 0.5) is 14.5 Å². The molecule has 0 aromatic heterocycles. The van der Waals surface area contributed by atoms with Gasteiger partial charge in [-0.2, -0.15) is 8.78 Å². The van der Waals surface area contributed by atoms with Crippen molar-refractivity contribution in [3.63, 3.8) is 0 Å². The first kappa shape index (κ1) is 15.4. The average Bonchev–Trinajstić information content (AvgIpc) is 2.46. The molecule has 2 N–H and O–H groups in total. The van der Waals surface area contributed by atoms with Gasteiger partial charge in [-0.15, -0.1) is 0 Å². The Kier molecular flexibility index (Phi) is 5.27. The van der Waals surface area contributed by atoms with Crippen LogP contribution in [0.15, 0.2) is 47.4 Å². The summed E-state index contributed by atoms with van der Waals surface area (Å²) in [5.74, 6) is -1.81. The monoisotopic (exact) mass is 311 g/mol. The topological polar surface area (TPSA) is 41.5 Å². The molecule has 0 radical (unpaired) electrons. The standard InChI is InChI=1S/C15H15F2NO2S/c1-20-11-7-6-10(13(19)8-11)9-18-12-4-2-3-5-14(12)21-15(16)17/h2-8,15,18-19H,9H2,1H3. The van der Waals surface area contributed by atoms with Crippen molar-refractivity contribution in [2.24, 2.45) is 0 Å². The summed E-state index contributed by atoms with van der Waals surface area (Å²) in [6, 6.07) is 11.8. The van der Waals surface area contributed by atoms with Crippen LogP contribution in [0.2, 0.25) is 0 Å². The van der Waals surface area contributed by atoms with Crippen molar-refractivity contribution in [3.05, 3.63) is 48.0 Å². The number of methoxy groups -OCH3 is 1. The molecule has 21 heavy (non-hydrogen) atoms. The Morgan fingerprint density at radius 3 is 2.67 bits per heavy atom. The summed E-state index contributed by atoms with van der Waals surface area (Å²) in [5, 5.41) is 12.9. The third-order valence-corrected chi connectivity index (χ3v) is 3.65. The lowest BCUT2D eigenvalue weighted by Crippen LogP contribution is -2.01. The molecule has 0 spiro atoms. The number of aromatic hydroxyl groups is 1. The maximum Gasteiger partial charge on any atom is 0.288 e. The number of para-hydroxylation sites is 1. The Balaban J connectivity index is 2.09. The van der Waals surface area contributed by atoms with Gasteiger partial charge in [0.2, 0.25) is 0 Å². The lowest BCUT2D eigenvalue weighted by atomic mass is 10.2. The van der Waals surface area contributed by atoms with Gasteiger partial charge in [-0.05, 0) is 24.3 Å². The van der Waals surface area contributed by atoms with Crippen LogP contribution < -0.4 is 10.1 Å². The molecular weight excluding hydrogens is 296 g/mol. The van der Waals surface area contributed by atoms with Crippen molar-refractivity contribution >= 4 is 17.4 Å². The fourth-order valence-corrected chi connectivity index (χ4v) is 2.44. The van der Waals surface area contributed by atoms with Gasteiger partial charge >= 0.3 is 0 Å². The van der Waals surface area contributed by atoms with Gasteiger partial charge < -0.3 is 15.2 Å². The number of hydrogen-bond donors (Lipinski definition) is 2. The van der Waals surface area contributed by atoms with Gasteiger partial charge in [-0.25, -0.2) is 0 Å². The number of phenolic OH excluding ortho intramolecular Hbond substituents is 1. The Morgan fingerprint density at radius 2 is 2.00 bits per heavy atom. The van der Waals surface area contributed by atoms with Crippen molar-refractivity contribution in [1.82, 2.24) is 0 Å². The summed E-state index contributed by atoms with van der Waals surface area (Å²) >= 11 is 0.492. The van der Waals surface area contributed by atoms with E-state index in [-0.39, 0.29) is 5.75 Å². The molecule has 0 aliphatic heterocycles. The molecule has 0 saturated heterocycles. The molecule has 0 saturated carbocycles. The maximum atomic E-state index is 12.5. The minimum atomic E-state index is -2.47. The van der Waals surface area contributed by atoms with Crippen LogP contribution in [0, 0.1) is 0 Å². The van der Waals surface area contributed by atoms with E-state index in [1.165, 1.54) is 13.2 Å². The van der Waals surface area contributed by atoms with Gasteiger partial charge in [0.05, 0.1) is 7.11 Å². The Bertz CT molecular complexity index is 608. The number of nitrogens with one attached hydrogen (secondary N) is 1. The van der Waals surface area contributed by atoms with Gasteiger partial charge in [0.25, 0.3) is 5.76 Å². The number of rotatable bonds is 6. The van der Waals surface area contributed by atoms with E-state index in [9.17, 15) is 13.9 Å². The lowest BCUT2D eigenvalue weighted by molar-refractivity contribution is 0.252. The number of thioether (sulfide) groups is 1. The SMILES string of the molecule is COc1ccc(CNc2ccccc2SC(F)F)c(O)c1. The van der Waals surface area contributed by atoms with Crippen LogP contribution in [-0.4, -0.2) is 18.0 Å². The van der Waals surface area contributed by atoms with Gasteiger partial charge in [-0.3, -0.25) is 0 Å². The first-order chi connectivity index (χ1) is 10.1. The molecule has 112 valence electrons. The van der Waals surface area contributed by atoms with Crippen molar-refractivity contribution < 1.29 is 18.6 Å². The highest BCUT2D eigenvalue weighted by molar-refractivity contribution is 7.99. The normalized spacial score (nSPS) is 10.7. The predicted molar refractivity (Wildman–Crippen MR) is 80.3 cm³/mol. The highest BCUT2D eigenvalue weighted by Crippen LogP contribution is 2.32. The first-order valence-corrected chi connectivity index (χ1v) is 7.11. The Labute approximate surface area is 125 Å². The van der Waals surface area contributed by atoms with Crippen LogP contribution in [0.25, 0.3) is 0 Å². The molecule has 6 heteroatoms. The molecule has 0 aliphatic rings. The predicted octanol–water partition coefficient (Wildman–Crippen LogP) is 4.33. The molecule has 2 aromatic carbocycles. The molecule has 0 heterocycles. The summed E-state index contributed by atoms with van der Waals surface area (Å²) in [6.45, 7) is 0.330. The highest BCUT2D eigenvalue weighted by atomic mass is 32.2. The molecule has 0 atom stereocenters. The van der Waals surface area contributed by atoms with E-state index in [0.29, 0.717) is 40.2 Å². The quantitative estimate of drug-likeness (QED) is 0.779. The minimum Gasteiger partial charge on any atom is -0.507 e. The number of phenols is 1. The zero-order chi connectivity index (χ0) is 15.2. The number of benzene rings is 2. The molecular formula is C15H15F2NO2S. The van der Waals surface area contributed by atoms with E-state index in [2.05, 4.69) is 5.32 Å². The van der Waals surface area contributed by atoms with Crippen LogP contribution >= 0.6 is 11.8 Å². The summed E-state index contributed by atoms with van der Waals surface area (Å²) in [6.07, 6.45) is 0. The fraction of sp³-hybridized carbons (Fsp3) is 0.200. The average molecular weight is 311 g/mol. The molecule has 0 fully saturated rings. The van der Waals surface area contributed by atoms with Crippen molar-refractivity contribution in [2.75, 3.05) is 12.4 Å². The second-order valence-corrected chi connectivity index (χ2v) is 5.25. The second kappa shape index (κ2) is 7.17. The van der Waals surface area contributed by atoms with Crippen LogP contribution in [0.5, 0.6) is 11.5 Å². The van der Waals surface area contributed by atoms with E-state index in [1.807, 2.05) is 0 Å². The maximum absolute atomic E-state index is 12.5. The summed E-state index contributed by atoms with van der Waals surface area (Å²) in [7, 11) is 1.52. The molecule has 2 aromatic rings. The first-order valence-electron chi connectivity index (χ1n) is 6.23. The van der Waals surface area contributed by atoms with Crippen molar-refractivity contribution in [2.45, 2.75) is 17.2 Å². The summed E-state index contributed by atoms with van der Waals surface area (Å²) in [5.41, 5.74) is 1.27. The number of alkyl halides is 2.